The predicted molar refractivity (Wildman–Crippen MR) is 130 cm³/mol. The van der Waals surface area contributed by atoms with E-state index in [0.717, 1.165) is 25.7 Å². The van der Waals surface area contributed by atoms with Gasteiger partial charge in [-0.1, -0.05) is 31.0 Å². The van der Waals surface area contributed by atoms with E-state index in [1.54, 1.807) is 24.3 Å². The average molecular weight is 493 g/mol. The summed E-state index contributed by atoms with van der Waals surface area (Å²) in [6, 6.07) is 14.5. The minimum absolute atomic E-state index is 0.0146. The van der Waals surface area contributed by atoms with E-state index in [1.165, 1.54) is 47.4 Å². The van der Waals surface area contributed by atoms with Crippen LogP contribution in [0, 0.1) is 11.6 Å². The van der Waals surface area contributed by atoms with Crippen molar-refractivity contribution in [3.8, 4) is 11.5 Å². The second kappa shape index (κ2) is 10.4. The first-order valence-corrected chi connectivity index (χ1v) is 12.0. The topological polar surface area (TPSA) is 67.9 Å². The Morgan fingerprint density at radius 1 is 0.861 bits per heavy atom. The second-order valence-corrected chi connectivity index (χ2v) is 8.96. The van der Waals surface area contributed by atoms with Gasteiger partial charge in [0.25, 0.3) is 5.91 Å². The van der Waals surface area contributed by atoms with Crippen LogP contribution in [0.1, 0.15) is 47.6 Å². The van der Waals surface area contributed by atoms with Gasteiger partial charge in [-0.2, -0.15) is 0 Å². The number of hydrogen-bond donors (Lipinski definition) is 1. The first-order valence-electron chi connectivity index (χ1n) is 12.0. The summed E-state index contributed by atoms with van der Waals surface area (Å²) in [5.41, 5.74) is 0.845. The van der Waals surface area contributed by atoms with Crippen molar-refractivity contribution in [2.75, 3.05) is 18.1 Å². The molecule has 1 aliphatic carbocycles. The number of ether oxygens (including phenoxy) is 2. The highest BCUT2D eigenvalue weighted by atomic mass is 19.1. The molecule has 1 atom stereocenters. The summed E-state index contributed by atoms with van der Waals surface area (Å²) in [6.07, 6.45) is 3.71. The molecule has 1 fully saturated rings. The molecule has 1 saturated carbocycles. The van der Waals surface area contributed by atoms with Crippen LogP contribution in [0.4, 0.5) is 14.5 Å². The van der Waals surface area contributed by atoms with Gasteiger partial charge in [0.15, 0.2) is 11.5 Å². The maximum Gasteiger partial charge on any atom is 0.259 e. The van der Waals surface area contributed by atoms with Crippen molar-refractivity contribution in [1.29, 1.82) is 0 Å². The number of nitrogens with zero attached hydrogens (tertiary/aromatic N) is 1. The number of carbonyl (C=O) groups is 2. The van der Waals surface area contributed by atoms with Gasteiger partial charge >= 0.3 is 0 Å². The van der Waals surface area contributed by atoms with Gasteiger partial charge in [-0.25, -0.2) is 8.78 Å². The molecule has 1 heterocycles. The molecule has 1 aliphatic heterocycles. The van der Waals surface area contributed by atoms with Crippen molar-refractivity contribution in [3.05, 3.63) is 89.5 Å². The number of fused-ring (bicyclic) bond motifs is 1. The lowest BCUT2D eigenvalue weighted by Gasteiger charge is -2.32. The number of rotatable bonds is 6. The number of benzene rings is 3. The van der Waals surface area contributed by atoms with Crippen LogP contribution in [0.15, 0.2) is 66.7 Å². The third-order valence-electron chi connectivity index (χ3n) is 6.49. The number of nitrogens with one attached hydrogen (secondary N) is 1. The van der Waals surface area contributed by atoms with Crippen molar-refractivity contribution in [2.45, 2.75) is 37.8 Å². The zero-order valence-corrected chi connectivity index (χ0v) is 19.6. The lowest BCUT2D eigenvalue weighted by atomic mass is 10.0. The standard InChI is InChI=1S/C28H26F2N2O4/c29-20-11-8-18(9-12-20)26(27(33)31-22-5-1-2-6-22)32(23-7-3-4-21(30)17-23)28(34)19-10-13-24-25(16-19)36-15-14-35-24/h3-4,7-13,16-17,22,26H,1-2,5-6,14-15H2,(H,31,33)/t26-/m0/s1. The van der Waals surface area contributed by atoms with Crippen molar-refractivity contribution in [3.63, 3.8) is 0 Å². The van der Waals surface area contributed by atoms with E-state index in [4.69, 9.17) is 9.47 Å². The lowest BCUT2D eigenvalue weighted by molar-refractivity contribution is -0.123. The van der Waals surface area contributed by atoms with Crippen LogP contribution in [0.5, 0.6) is 11.5 Å². The number of carbonyl (C=O) groups excluding carboxylic acids is 2. The molecule has 186 valence electrons. The highest BCUT2D eigenvalue weighted by Crippen LogP contribution is 2.35. The minimum atomic E-state index is -1.16. The van der Waals surface area contributed by atoms with Crippen molar-refractivity contribution in [1.82, 2.24) is 5.32 Å². The summed E-state index contributed by atoms with van der Waals surface area (Å²) in [6.45, 7) is 0.754. The Labute approximate surface area is 207 Å². The van der Waals surface area contributed by atoms with Gasteiger partial charge in [0.05, 0.1) is 0 Å². The van der Waals surface area contributed by atoms with Crippen LogP contribution in [0.25, 0.3) is 0 Å². The number of amides is 2. The maximum absolute atomic E-state index is 14.3. The summed E-state index contributed by atoms with van der Waals surface area (Å²) in [5.74, 6) is -1.04. The smallest absolute Gasteiger partial charge is 0.259 e. The van der Waals surface area contributed by atoms with Crippen molar-refractivity contribution in [2.24, 2.45) is 0 Å². The van der Waals surface area contributed by atoms with Gasteiger partial charge < -0.3 is 14.8 Å². The molecule has 0 bridgehead atoms. The van der Waals surface area contributed by atoms with Gasteiger partial charge in [0, 0.05) is 17.3 Å². The van der Waals surface area contributed by atoms with E-state index >= 15 is 0 Å². The Kier molecular flexibility index (Phi) is 6.84. The molecule has 2 amide bonds. The van der Waals surface area contributed by atoms with Gasteiger partial charge in [-0.3, -0.25) is 14.5 Å². The molecule has 2 aliphatic rings. The van der Waals surface area contributed by atoms with Gasteiger partial charge in [-0.05, 0) is 66.9 Å². The first kappa shape index (κ1) is 23.8. The Morgan fingerprint density at radius 2 is 1.58 bits per heavy atom. The minimum Gasteiger partial charge on any atom is -0.486 e. The summed E-state index contributed by atoms with van der Waals surface area (Å²) < 4.78 is 39.3. The summed E-state index contributed by atoms with van der Waals surface area (Å²) in [4.78, 5) is 29.0. The molecule has 6 nitrogen and oxygen atoms in total. The highest BCUT2D eigenvalue weighted by molar-refractivity contribution is 6.10. The van der Waals surface area contributed by atoms with Crippen LogP contribution >= 0.6 is 0 Å². The molecule has 36 heavy (non-hydrogen) atoms. The van der Waals surface area contributed by atoms with Crippen LogP contribution in [0.2, 0.25) is 0 Å². The van der Waals surface area contributed by atoms with Gasteiger partial charge in [0.1, 0.15) is 30.9 Å². The summed E-state index contributed by atoms with van der Waals surface area (Å²) in [7, 11) is 0. The molecular weight excluding hydrogens is 466 g/mol. The molecular formula is C28H26F2N2O4. The quantitative estimate of drug-likeness (QED) is 0.515. The molecule has 0 saturated heterocycles. The summed E-state index contributed by atoms with van der Waals surface area (Å²) in [5, 5.41) is 3.05. The first-order chi connectivity index (χ1) is 17.5. The third kappa shape index (κ3) is 5.03. The molecule has 3 aromatic rings. The number of hydrogen-bond acceptors (Lipinski definition) is 4. The number of halogens is 2. The molecule has 1 N–H and O–H groups in total. The van der Waals surface area contributed by atoms with Gasteiger partial charge in [0.2, 0.25) is 5.91 Å². The molecule has 3 aromatic carbocycles. The molecule has 0 radical (unpaired) electrons. The fraction of sp³-hybridized carbons (Fsp3) is 0.286. The largest absolute Gasteiger partial charge is 0.486 e. The molecule has 5 rings (SSSR count). The SMILES string of the molecule is O=C(NC1CCCC1)[C@H](c1ccc(F)cc1)N(C(=O)c1ccc2c(c1)OCCO2)c1cccc(F)c1. The Balaban J connectivity index is 1.60. The van der Waals surface area contributed by atoms with Crippen molar-refractivity contribution >= 4 is 17.5 Å². The van der Waals surface area contributed by atoms with E-state index in [0.29, 0.717) is 30.3 Å². The second-order valence-electron chi connectivity index (χ2n) is 8.96. The zero-order valence-electron chi connectivity index (χ0n) is 19.6. The van der Waals surface area contributed by atoms with Crippen LogP contribution < -0.4 is 19.7 Å². The molecule has 8 heteroatoms. The fourth-order valence-electron chi connectivity index (χ4n) is 4.74. The van der Waals surface area contributed by atoms with E-state index in [-0.39, 0.29) is 17.3 Å². The Bertz CT molecular complexity index is 1260. The molecule has 0 spiro atoms. The summed E-state index contributed by atoms with van der Waals surface area (Å²) >= 11 is 0. The number of anilines is 1. The van der Waals surface area contributed by atoms with E-state index in [9.17, 15) is 18.4 Å². The average Bonchev–Trinajstić information content (AvgIpc) is 3.40. The van der Waals surface area contributed by atoms with Crippen molar-refractivity contribution < 1.29 is 27.8 Å². The Morgan fingerprint density at radius 3 is 2.31 bits per heavy atom. The zero-order chi connectivity index (χ0) is 25.1. The maximum atomic E-state index is 14.3. The third-order valence-corrected chi connectivity index (χ3v) is 6.49. The van der Waals surface area contributed by atoms with E-state index in [1.807, 2.05) is 0 Å². The normalized spacial score (nSPS) is 15.8. The molecule has 0 aromatic heterocycles. The Hall–Kier alpha value is -3.94. The predicted octanol–water partition coefficient (Wildman–Crippen LogP) is 5.18. The lowest BCUT2D eigenvalue weighted by Crippen LogP contribution is -2.46. The highest BCUT2D eigenvalue weighted by Gasteiger charge is 2.35. The van der Waals surface area contributed by atoms with Crippen LogP contribution in [0.3, 0.4) is 0 Å². The van der Waals surface area contributed by atoms with E-state index in [2.05, 4.69) is 5.32 Å². The fourth-order valence-corrected chi connectivity index (χ4v) is 4.74. The van der Waals surface area contributed by atoms with E-state index < -0.39 is 29.5 Å². The monoisotopic (exact) mass is 492 g/mol. The van der Waals surface area contributed by atoms with Gasteiger partial charge in [-0.15, -0.1) is 0 Å². The van der Waals surface area contributed by atoms with Crippen LogP contribution in [-0.4, -0.2) is 31.1 Å². The van der Waals surface area contributed by atoms with Crippen LogP contribution in [-0.2, 0) is 4.79 Å². The molecule has 0 unspecified atom stereocenters.